The summed E-state index contributed by atoms with van der Waals surface area (Å²) >= 11 is 0. The van der Waals surface area contributed by atoms with Crippen molar-refractivity contribution in [3.8, 4) is 11.8 Å². The summed E-state index contributed by atoms with van der Waals surface area (Å²) in [5.41, 5.74) is 0.854. The third-order valence-electron chi connectivity index (χ3n) is 4.56. The number of benzene rings is 1. The second-order valence-electron chi connectivity index (χ2n) is 8.81. The first-order valence-corrected chi connectivity index (χ1v) is 9.23. The van der Waals surface area contributed by atoms with Crippen molar-refractivity contribution in [2.45, 2.75) is 66.6 Å². The van der Waals surface area contributed by atoms with Crippen LogP contribution in [0.1, 0.15) is 54.0 Å². The van der Waals surface area contributed by atoms with E-state index in [9.17, 15) is 9.90 Å². The van der Waals surface area contributed by atoms with E-state index in [1.54, 1.807) is 13.8 Å². The lowest BCUT2D eigenvalue weighted by Gasteiger charge is -2.37. The Morgan fingerprint density at radius 3 is 2.37 bits per heavy atom. The molecule has 0 bridgehead atoms. The average molecular weight is 372 g/mol. The number of carbonyl (C=O) groups is 1. The van der Waals surface area contributed by atoms with E-state index in [1.807, 2.05) is 59.7 Å². The minimum atomic E-state index is -0.968. The fraction of sp³-hybridized carbons (Fsp3) is 0.571. The van der Waals surface area contributed by atoms with Crippen LogP contribution in [0.3, 0.4) is 0 Å². The molecular formula is C21H33BN2O3. The smallest absolute Gasteiger partial charge is 0.320 e. The summed E-state index contributed by atoms with van der Waals surface area (Å²) in [5, 5.41) is 15.8. The molecule has 0 aliphatic carbocycles. The third-order valence-corrected chi connectivity index (χ3v) is 4.56. The summed E-state index contributed by atoms with van der Waals surface area (Å²) < 4.78 is 5.94. The number of hydrogen-bond acceptors (Lipinski definition) is 3. The minimum Gasteiger partial charge on any atom is -0.427 e. The van der Waals surface area contributed by atoms with Crippen LogP contribution in [0.25, 0.3) is 0 Å². The number of aliphatic hydroxyl groups is 1. The van der Waals surface area contributed by atoms with Crippen molar-refractivity contribution in [1.82, 2.24) is 5.32 Å². The van der Waals surface area contributed by atoms with Crippen LogP contribution in [-0.2, 0) is 4.65 Å². The predicted octanol–water partition coefficient (Wildman–Crippen LogP) is 2.71. The number of rotatable bonds is 6. The first-order valence-electron chi connectivity index (χ1n) is 9.23. The van der Waals surface area contributed by atoms with Gasteiger partial charge in [0.2, 0.25) is 0 Å². The summed E-state index contributed by atoms with van der Waals surface area (Å²) in [5.74, 6) is 6.03. The zero-order valence-corrected chi connectivity index (χ0v) is 17.9. The number of nitrogens with one attached hydrogen (secondary N) is 2. The van der Waals surface area contributed by atoms with E-state index >= 15 is 0 Å². The molecule has 0 atom stereocenters. The average Bonchev–Trinajstić information content (AvgIpc) is 2.50. The summed E-state index contributed by atoms with van der Waals surface area (Å²) in [6.07, 6.45) is 0. The van der Waals surface area contributed by atoms with Gasteiger partial charge in [-0.25, -0.2) is 4.79 Å². The summed E-state index contributed by atoms with van der Waals surface area (Å²) in [6, 6.07) is 5.38. The Morgan fingerprint density at radius 1 is 1.19 bits per heavy atom. The lowest BCUT2D eigenvalue weighted by molar-refractivity contribution is -0.0893. The predicted molar refractivity (Wildman–Crippen MR) is 114 cm³/mol. The van der Waals surface area contributed by atoms with Gasteiger partial charge >= 0.3 is 13.5 Å². The van der Waals surface area contributed by atoms with Crippen molar-refractivity contribution in [3.63, 3.8) is 0 Å². The lowest BCUT2D eigenvalue weighted by atomic mass is 9.80. The van der Waals surface area contributed by atoms with Gasteiger partial charge in [-0.05, 0) is 72.5 Å². The molecule has 0 aromatic heterocycles. The van der Waals surface area contributed by atoms with E-state index < -0.39 is 11.2 Å². The molecule has 5 nitrogen and oxygen atoms in total. The number of hydrogen-bond donors (Lipinski definition) is 3. The highest BCUT2D eigenvalue weighted by Gasteiger charge is 2.35. The highest BCUT2D eigenvalue weighted by atomic mass is 16.5. The Bertz CT molecular complexity index is 720. The molecule has 6 heteroatoms. The quantitative estimate of drug-likeness (QED) is 0.531. The molecule has 0 spiro atoms. The molecule has 27 heavy (non-hydrogen) atoms. The molecule has 148 valence electrons. The summed E-state index contributed by atoms with van der Waals surface area (Å²) in [4.78, 5) is 12.1. The van der Waals surface area contributed by atoms with Gasteiger partial charge < -0.3 is 20.4 Å². The van der Waals surface area contributed by atoms with Crippen LogP contribution in [0.5, 0.6) is 0 Å². The van der Waals surface area contributed by atoms with Gasteiger partial charge in [0, 0.05) is 11.1 Å². The first-order chi connectivity index (χ1) is 12.2. The molecule has 0 saturated carbocycles. The lowest BCUT2D eigenvalue weighted by Crippen LogP contribution is -2.49. The van der Waals surface area contributed by atoms with Gasteiger partial charge in [-0.3, -0.25) is 0 Å². The van der Waals surface area contributed by atoms with Crippen LogP contribution in [0.2, 0.25) is 0 Å². The molecule has 0 aliphatic heterocycles. The van der Waals surface area contributed by atoms with Gasteiger partial charge in [0.1, 0.15) is 0 Å². The minimum absolute atomic E-state index is 0.0833. The molecule has 0 saturated heterocycles. The second-order valence-corrected chi connectivity index (χ2v) is 8.81. The van der Waals surface area contributed by atoms with Gasteiger partial charge in [0.15, 0.2) is 0 Å². The van der Waals surface area contributed by atoms with E-state index in [4.69, 9.17) is 4.65 Å². The van der Waals surface area contributed by atoms with Crippen LogP contribution in [0.4, 0.5) is 10.5 Å². The molecular weight excluding hydrogens is 339 g/mol. The number of anilines is 1. The van der Waals surface area contributed by atoms with Crippen molar-refractivity contribution < 1.29 is 14.6 Å². The number of amides is 2. The molecule has 1 aromatic carbocycles. The molecule has 0 fully saturated rings. The maximum Gasteiger partial charge on any atom is 0.320 e. The maximum absolute atomic E-state index is 12.1. The zero-order chi connectivity index (χ0) is 20.9. The standard InChI is InChI=1S/C21H33BN2O3/c1-15-16(22-27-21(7,8)20(5,6)26)11-9-12-17(15)24-18(25)23-14-10-13-19(2,3)4/h9,11-12,22,26H,14H2,1-8H3,(H2,23,24,25). The fourth-order valence-corrected chi connectivity index (χ4v) is 2.01. The van der Waals surface area contributed by atoms with E-state index in [2.05, 4.69) is 22.5 Å². The van der Waals surface area contributed by atoms with Crippen molar-refractivity contribution in [2.75, 3.05) is 11.9 Å². The molecule has 1 rings (SSSR count). The van der Waals surface area contributed by atoms with Crippen molar-refractivity contribution in [1.29, 1.82) is 0 Å². The van der Waals surface area contributed by atoms with Gasteiger partial charge in [0.05, 0.1) is 17.7 Å². The van der Waals surface area contributed by atoms with Gasteiger partial charge in [0.25, 0.3) is 0 Å². The van der Waals surface area contributed by atoms with Crippen LogP contribution in [0, 0.1) is 24.2 Å². The normalized spacial score (nSPS) is 12.0. The number of carbonyl (C=O) groups excluding carboxylic acids is 1. The Balaban J connectivity index is 2.72. The van der Waals surface area contributed by atoms with Crippen molar-refractivity contribution >= 4 is 24.7 Å². The Kier molecular flexibility index (Phi) is 7.53. The van der Waals surface area contributed by atoms with E-state index in [1.165, 1.54) is 0 Å². The second kappa shape index (κ2) is 8.82. The molecule has 0 unspecified atom stereocenters. The van der Waals surface area contributed by atoms with Gasteiger partial charge in [-0.1, -0.05) is 24.0 Å². The maximum atomic E-state index is 12.1. The fourth-order valence-electron chi connectivity index (χ4n) is 2.01. The molecule has 0 aliphatic rings. The van der Waals surface area contributed by atoms with Crippen LogP contribution in [-0.4, -0.2) is 36.4 Å². The molecule has 2 amide bonds. The largest absolute Gasteiger partial charge is 0.427 e. The number of urea groups is 1. The third kappa shape index (κ3) is 7.66. The first kappa shape index (κ1) is 23.1. The summed E-state index contributed by atoms with van der Waals surface area (Å²) in [7, 11) is 0.344. The SMILES string of the molecule is Cc1c(BOC(C)(C)C(C)(C)O)cccc1NC(=O)NCC#CC(C)(C)C. The topological polar surface area (TPSA) is 70.6 Å². The molecule has 0 radical (unpaired) electrons. The van der Waals surface area contributed by atoms with Crippen LogP contribution in [0.15, 0.2) is 18.2 Å². The molecule has 0 heterocycles. The van der Waals surface area contributed by atoms with E-state index in [0.29, 0.717) is 14.0 Å². The Hall–Kier alpha value is -1.97. The van der Waals surface area contributed by atoms with Crippen molar-refractivity contribution in [3.05, 3.63) is 23.8 Å². The van der Waals surface area contributed by atoms with Gasteiger partial charge in [-0.15, -0.1) is 0 Å². The van der Waals surface area contributed by atoms with E-state index in [-0.39, 0.29) is 11.4 Å². The van der Waals surface area contributed by atoms with E-state index in [0.717, 1.165) is 16.7 Å². The van der Waals surface area contributed by atoms with Gasteiger partial charge in [-0.2, -0.15) is 0 Å². The zero-order valence-electron chi connectivity index (χ0n) is 17.9. The molecule has 3 N–H and O–H groups in total. The van der Waals surface area contributed by atoms with Crippen molar-refractivity contribution in [2.24, 2.45) is 5.41 Å². The van der Waals surface area contributed by atoms with Crippen LogP contribution < -0.4 is 16.1 Å². The Labute approximate surface area is 164 Å². The highest BCUT2D eigenvalue weighted by Crippen LogP contribution is 2.24. The highest BCUT2D eigenvalue weighted by molar-refractivity contribution is 6.48. The Morgan fingerprint density at radius 2 is 1.81 bits per heavy atom. The van der Waals surface area contributed by atoms with Crippen LogP contribution >= 0.6 is 0 Å². The monoisotopic (exact) mass is 372 g/mol. The summed E-state index contributed by atoms with van der Waals surface area (Å²) in [6.45, 7) is 15.5. The molecule has 1 aromatic rings.